The van der Waals surface area contributed by atoms with Crippen LogP contribution in [0.25, 0.3) is 0 Å². The molecule has 0 saturated carbocycles. The molecule has 0 spiro atoms. The summed E-state index contributed by atoms with van der Waals surface area (Å²) in [5.41, 5.74) is 0. The first kappa shape index (κ1) is 19.4. The predicted molar refractivity (Wildman–Crippen MR) is 76.5 cm³/mol. The summed E-state index contributed by atoms with van der Waals surface area (Å²) >= 11 is 2.93. The van der Waals surface area contributed by atoms with Crippen molar-refractivity contribution in [3.8, 4) is 0 Å². The number of hydrogen-bond acceptors (Lipinski definition) is 9. The highest BCUT2D eigenvalue weighted by Crippen LogP contribution is 2.25. The molecule has 23 heavy (non-hydrogen) atoms. The lowest BCUT2D eigenvalue weighted by Gasteiger charge is -2.39. The SMILES string of the molecule is COC(=O)[C@H]1OC[C@H](OC(=O)CBr)[C@@H](OC(C)=O)[C@@H]1OC(C)=O. The molecule has 1 aliphatic rings. The zero-order chi connectivity index (χ0) is 17.6. The van der Waals surface area contributed by atoms with E-state index in [1.165, 1.54) is 0 Å². The molecule has 0 unspecified atom stereocenters. The van der Waals surface area contributed by atoms with E-state index in [0.29, 0.717) is 0 Å². The number of methoxy groups -OCH3 is 1. The molecule has 0 aromatic heterocycles. The van der Waals surface area contributed by atoms with Crippen LogP contribution < -0.4 is 0 Å². The normalized spacial score (nSPS) is 26.8. The van der Waals surface area contributed by atoms with E-state index in [1.54, 1.807) is 0 Å². The van der Waals surface area contributed by atoms with Crippen molar-refractivity contribution in [2.24, 2.45) is 0 Å². The van der Waals surface area contributed by atoms with Crippen LogP contribution in [0.1, 0.15) is 13.8 Å². The van der Waals surface area contributed by atoms with Crippen molar-refractivity contribution in [1.29, 1.82) is 0 Å². The summed E-state index contributed by atoms with van der Waals surface area (Å²) in [6.45, 7) is 2.03. The Kier molecular flexibility index (Phi) is 7.43. The number of ether oxygens (including phenoxy) is 5. The predicted octanol–water partition coefficient (Wildman–Crippen LogP) is -0.272. The number of carbonyl (C=O) groups is 4. The van der Waals surface area contributed by atoms with E-state index in [-0.39, 0.29) is 11.9 Å². The molecule has 1 heterocycles. The van der Waals surface area contributed by atoms with E-state index in [4.69, 9.17) is 18.9 Å². The van der Waals surface area contributed by atoms with Gasteiger partial charge in [-0.25, -0.2) is 4.79 Å². The number of halogens is 1. The van der Waals surface area contributed by atoms with Gasteiger partial charge in [0, 0.05) is 13.8 Å². The van der Waals surface area contributed by atoms with E-state index in [2.05, 4.69) is 20.7 Å². The number of carbonyl (C=O) groups excluding carboxylic acids is 4. The first-order chi connectivity index (χ1) is 10.8. The van der Waals surface area contributed by atoms with Gasteiger partial charge in [-0.1, -0.05) is 15.9 Å². The molecule has 1 fully saturated rings. The average molecular weight is 397 g/mol. The van der Waals surface area contributed by atoms with Gasteiger partial charge in [-0.05, 0) is 0 Å². The first-order valence-corrected chi connectivity index (χ1v) is 7.71. The summed E-state index contributed by atoms with van der Waals surface area (Å²) in [4.78, 5) is 45.8. The zero-order valence-electron chi connectivity index (χ0n) is 12.8. The first-order valence-electron chi connectivity index (χ1n) is 6.59. The maximum atomic E-state index is 11.8. The zero-order valence-corrected chi connectivity index (χ0v) is 14.4. The number of alkyl halides is 1. The summed E-state index contributed by atoms with van der Waals surface area (Å²) in [7, 11) is 1.13. The Balaban J connectivity index is 3.08. The van der Waals surface area contributed by atoms with Gasteiger partial charge < -0.3 is 23.7 Å². The van der Waals surface area contributed by atoms with Crippen LogP contribution in [0.4, 0.5) is 0 Å². The van der Waals surface area contributed by atoms with E-state index in [9.17, 15) is 19.2 Å². The smallest absolute Gasteiger partial charge is 0.339 e. The third-order valence-corrected chi connectivity index (χ3v) is 3.32. The molecule has 4 atom stereocenters. The molecular formula is C13H17BrO9. The molecule has 0 bridgehead atoms. The van der Waals surface area contributed by atoms with Crippen LogP contribution in [0.5, 0.6) is 0 Å². The Morgan fingerprint density at radius 1 is 1.04 bits per heavy atom. The topological polar surface area (TPSA) is 114 Å². The van der Waals surface area contributed by atoms with Crippen molar-refractivity contribution in [3.63, 3.8) is 0 Å². The van der Waals surface area contributed by atoms with Crippen LogP contribution in [0.15, 0.2) is 0 Å². The Hall–Kier alpha value is -1.68. The van der Waals surface area contributed by atoms with E-state index in [0.717, 1.165) is 21.0 Å². The van der Waals surface area contributed by atoms with Crippen LogP contribution in [0, 0.1) is 0 Å². The molecule has 1 saturated heterocycles. The van der Waals surface area contributed by atoms with Gasteiger partial charge in [-0.3, -0.25) is 14.4 Å². The Bertz CT molecular complexity index is 478. The monoisotopic (exact) mass is 396 g/mol. The number of esters is 4. The van der Waals surface area contributed by atoms with Gasteiger partial charge in [-0.2, -0.15) is 0 Å². The van der Waals surface area contributed by atoms with Crippen molar-refractivity contribution in [3.05, 3.63) is 0 Å². The molecule has 10 heteroatoms. The highest BCUT2D eigenvalue weighted by molar-refractivity contribution is 9.09. The third kappa shape index (κ3) is 5.47. The molecule has 0 aliphatic carbocycles. The quantitative estimate of drug-likeness (QED) is 0.351. The molecule has 130 valence electrons. The minimum atomic E-state index is -1.30. The second-order valence-corrected chi connectivity index (χ2v) is 5.15. The summed E-state index contributed by atoms with van der Waals surface area (Å²) in [5, 5.41) is -0.0883. The van der Waals surface area contributed by atoms with Crippen molar-refractivity contribution in [2.75, 3.05) is 19.0 Å². The van der Waals surface area contributed by atoms with Crippen LogP contribution in [-0.4, -0.2) is 67.3 Å². The molecule has 1 rings (SSSR count). The van der Waals surface area contributed by atoms with Gasteiger partial charge in [0.05, 0.1) is 13.7 Å². The number of hydrogen-bond donors (Lipinski definition) is 0. The summed E-state index contributed by atoms with van der Waals surface area (Å²) < 4.78 is 25.1. The lowest BCUT2D eigenvalue weighted by molar-refractivity contribution is -0.229. The maximum absolute atomic E-state index is 11.8. The average Bonchev–Trinajstić information content (AvgIpc) is 2.48. The summed E-state index contributed by atoms with van der Waals surface area (Å²) in [6, 6.07) is 0. The van der Waals surface area contributed by atoms with Crippen molar-refractivity contribution < 1.29 is 42.9 Å². The molecule has 0 aromatic rings. The fourth-order valence-corrected chi connectivity index (χ4v) is 2.18. The molecule has 9 nitrogen and oxygen atoms in total. The molecular weight excluding hydrogens is 380 g/mol. The number of rotatable bonds is 5. The Labute approximate surface area is 140 Å². The lowest BCUT2D eigenvalue weighted by atomic mass is 9.99. The molecule has 0 amide bonds. The Morgan fingerprint density at radius 3 is 2.09 bits per heavy atom. The summed E-state index contributed by atoms with van der Waals surface area (Å²) in [5.74, 6) is -2.86. The van der Waals surface area contributed by atoms with Crippen LogP contribution >= 0.6 is 15.9 Å². The fourth-order valence-electron chi connectivity index (χ4n) is 2.05. The minimum Gasteiger partial charge on any atom is -0.467 e. The highest BCUT2D eigenvalue weighted by Gasteiger charge is 2.50. The standard InChI is InChI=1S/C13H17BrO9/c1-6(15)21-10-8(23-9(17)4-14)5-20-12(13(18)19-3)11(10)22-7(2)16/h8,10-12H,4-5H2,1-3H3/t8-,10+,11-,12-/m0/s1. The Morgan fingerprint density at radius 2 is 1.61 bits per heavy atom. The van der Waals surface area contributed by atoms with Crippen LogP contribution in [-0.2, 0) is 42.9 Å². The van der Waals surface area contributed by atoms with Crippen molar-refractivity contribution in [2.45, 2.75) is 38.3 Å². The molecule has 0 aromatic carbocycles. The maximum Gasteiger partial charge on any atom is 0.339 e. The molecule has 0 radical (unpaired) electrons. The van der Waals surface area contributed by atoms with Gasteiger partial charge in [-0.15, -0.1) is 0 Å². The second kappa shape index (κ2) is 8.82. The van der Waals surface area contributed by atoms with Crippen molar-refractivity contribution >= 4 is 39.8 Å². The molecule has 1 aliphatic heterocycles. The minimum absolute atomic E-state index is 0.0883. The van der Waals surface area contributed by atoms with Gasteiger partial charge in [0.1, 0.15) is 5.33 Å². The van der Waals surface area contributed by atoms with Gasteiger partial charge in [0.2, 0.25) is 0 Å². The third-order valence-electron chi connectivity index (χ3n) is 2.86. The highest BCUT2D eigenvalue weighted by atomic mass is 79.9. The van der Waals surface area contributed by atoms with Gasteiger partial charge in [0.25, 0.3) is 0 Å². The van der Waals surface area contributed by atoms with E-state index < -0.39 is 48.3 Å². The van der Waals surface area contributed by atoms with Crippen LogP contribution in [0.3, 0.4) is 0 Å². The van der Waals surface area contributed by atoms with E-state index >= 15 is 0 Å². The van der Waals surface area contributed by atoms with Gasteiger partial charge in [0.15, 0.2) is 24.4 Å². The fraction of sp³-hybridized carbons (Fsp3) is 0.692. The molecule has 0 N–H and O–H groups in total. The largest absolute Gasteiger partial charge is 0.467 e. The lowest BCUT2D eigenvalue weighted by Crippen LogP contribution is -2.59. The second-order valence-electron chi connectivity index (χ2n) is 4.59. The van der Waals surface area contributed by atoms with Crippen LogP contribution in [0.2, 0.25) is 0 Å². The van der Waals surface area contributed by atoms with Gasteiger partial charge >= 0.3 is 23.9 Å². The van der Waals surface area contributed by atoms with E-state index in [1.807, 2.05) is 0 Å². The van der Waals surface area contributed by atoms with Crippen molar-refractivity contribution in [1.82, 2.24) is 0 Å². The summed E-state index contributed by atoms with van der Waals surface area (Å²) in [6.07, 6.45) is -4.83.